The van der Waals surface area contributed by atoms with Crippen molar-refractivity contribution < 1.29 is 23.9 Å². The van der Waals surface area contributed by atoms with Gasteiger partial charge in [0.2, 0.25) is 0 Å². The topological polar surface area (TPSA) is 152 Å². The molecule has 13 heteroatoms. The molecule has 0 radical (unpaired) electrons. The number of methoxy groups -OCH3 is 1. The van der Waals surface area contributed by atoms with Gasteiger partial charge >= 0.3 is 6.03 Å². The number of hydrogen-bond acceptors (Lipinski definition) is 9. The van der Waals surface area contributed by atoms with E-state index in [1.165, 1.54) is 6.07 Å². The van der Waals surface area contributed by atoms with Crippen molar-refractivity contribution in [1.29, 1.82) is 0 Å². The quantitative estimate of drug-likeness (QED) is 0.144. The number of aldehydes is 1. The van der Waals surface area contributed by atoms with Crippen LogP contribution in [0.25, 0.3) is 5.65 Å². The summed E-state index contributed by atoms with van der Waals surface area (Å²) in [6, 6.07) is 13.6. The molecule has 0 aliphatic heterocycles. The molecular formula is C37H46N8O5. The van der Waals surface area contributed by atoms with Gasteiger partial charge in [-0.2, -0.15) is 0 Å². The molecule has 13 nitrogen and oxygen atoms in total. The van der Waals surface area contributed by atoms with E-state index in [9.17, 15) is 14.4 Å². The maximum atomic E-state index is 13.6. The Morgan fingerprint density at radius 1 is 1.06 bits per heavy atom. The maximum Gasteiger partial charge on any atom is 0.320 e. The fourth-order valence-corrected chi connectivity index (χ4v) is 5.81. The Morgan fingerprint density at radius 2 is 1.82 bits per heavy atom. The number of pyridine rings is 2. The van der Waals surface area contributed by atoms with E-state index in [4.69, 9.17) is 9.47 Å². The average Bonchev–Trinajstić information content (AvgIpc) is 3.49. The zero-order valence-electron chi connectivity index (χ0n) is 29.9. The molecule has 4 aromatic rings. The lowest BCUT2D eigenvalue weighted by Gasteiger charge is -2.34. The van der Waals surface area contributed by atoms with Crippen molar-refractivity contribution in [2.75, 3.05) is 46.2 Å². The summed E-state index contributed by atoms with van der Waals surface area (Å²) in [6.07, 6.45) is 5.36. The molecule has 3 heterocycles. The normalized spacial score (nSPS) is 17.3. The zero-order valence-corrected chi connectivity index (χ0v) is 29.9. The Morgan fingerprint density at radius 3 is 2.52 bits per heavy atom. The number of nitrogens with one attached hydrogen (secondary N) is 3. The largest absolute Gasteiger partial charge is 0.480 e. The predicted molar refractivity (Wildman–Crippen MR) is 191 cm³/mol. The van der Waals surface area contributed by atoms with Gasteiger partial charge in [-0.25, -0.2) is 9.78 Å². The number of likely N-dealkylation sites (N-methyl/N-ethyl adjacent to an activating group) is 1. The zero-order chi connectivity index (χ0) is 36.3. The number of ether oxygens (including phenoxy) is 2. The smallest absolute Gasteiger partial charge is 0.320 e. The molecule has 0 unspecified atom stereocenters. The van der Waals surface area contributed by atoms with Gasteiger partial charge in [-0.05, 0) is 56.1 Å². The third kappa shape index (κ3) is 7.84. The van der Waals surface area contributed by atoms with Gasteiger partial charge in [0, 0.05) is 48.0 Å². The van der Waals surface area contributed by atoms with Crippen LogP contribution in [-0.4, -0.2) is 83.6 Å². The fraction of sp³-hybridized carbons (Fsp3) is 0.405. The molecule has 0 spiro atoms. The van der Waals surface area contributed by atoms with E-state index < -0.39 is 28.5 Å². The third-order valence-corrected chi connectivity index (χ3v) is 8.43. The van der Waals surface area contributed by atoms with Crippen molar-refractivity contribution in [1.82, 2.24) is 35.1 Å². The van der Waals surface area contributed by atoms with Crippen LogP contribution in [0.2, 0.25) is 0 Å². The highest BCUT2D eigenvalue weighted by molar-refractivity contribution is 5.96. The lowest BCUT2D eigenvalue weighted by atomic mass is 9.81. The molecule has 50 heavy (non-hydrogen) atoms. The van der Waals surface area contributed by atoms with E-state index in [0.29, 0.717) is 59.9 Å². The van der Waals surface area contributed by atoms with Crippen LogP contribution in [0.5, 0.6) is 5.75 Å². The van der Waals surface area contributed by atoms with Gasteiger partial charge < -0.3 is 30.3 Å². The van der Waals surface area contributed by atoms with Crippen molar-refractivity contribution >= 4 is 29.6 Å². The summed E-state index contributed by atoms with van der Waals surface area (Å²) in [5.74, 6) is 0.948. The van der Waals surface area contributed by atoms with E-state index in [0.717, 1.165) is 5.82 Å². The summed E-state index contributed by atoms with van der Waals surface area (Å²) in [5, 5.41) is 17.3. The number of amides is 3. The average molecular weight is 683 g/mol. The van der Waals surface area contributed by atoms with Crippen LogP contribution < -0.4 is 20.7 Å². The van der Waals surface area contributed by atoms with Gasteiger partial charge in [0.25, 0.3) is 5.91 Å². The van der Waals surface area contributed by atoms with Crippen molar-refractivity contribution in [2.45, 2.75) is 57.1 Å². The van der Waals surface area contributed by atoms with Crippen molar-refractivity contribution in [3.8, 4) is 5.75 Å². The van der Waals surface area contributed by atoms with Gasteiger partial charge in [-0.1, -0.05) is 58.9 Å². The highest BCUT2D eigenvalue weighted by Gasteiger charge is 2.38. The number of aromatic nitrogens is 4. The first-order valence-electron chi connectivity index (χ1n) is 16.5. The highest BCUT2D eigenvalue weighted by Crippen LogP contribution is 2.37. The van der Waals surface area contributed by atoms with Crippen LogP contribution in [-0.2, 0) is 25.9 Å². The number of rotatable bonds is 12. The van der Waals surface area contributed by atoms with Gasteiger partial charge in [0.05, 0.1) is 12.8 Å². The Hall–Kier alpha value is -5.14. The fourth-order valence-electron chi connectivity index (χ4n) is 5.81. The van der Waals surface area contributed by atoms with Gasteiger partial charge in [0.15, 0.2) is 11.9 Å². The highest BCUT2D eigenvalue weighted by atomic mass is 16.5. The summed E-state index contributed by atoms with van der Waals surface area (Å²) >= 11 is 0. The summed E-state index contributed by atoms with van der Waals surface area (Å²) in [7, 11) is 5.49. The number of hydrogen-bond donors (Lipinski definition) is 3. The number of benzene rings is 1. The number of anilines is 1. The van der Waals surface area contributed by atoms with E-state index >= 15 is 0 Å². The van der Waals surface area contributed by atoms with Crippen LogP contribution in [0.4, 0.5) is 10.5 Å². The molecule has 0 saturated heterocycles. The minimum atomic E-state index is -1.48. The van der Waals surface area contributed by atoms with E-state index in [1.54, 1.807) is 37.5 Å². The first kappa shape index (κ1) is 36.1. The minimum Gasteiger partial charge on any atom is -0.480 e. The van der Waals surface area contributed by atoms with E-state index in [-0.39, 0.29) is 11.6 Å². The molecule has 3 amide bonds. The van der Waals surface area contributed by atoms with Crippen LogP contribution >= 0.6 is 0 Å². The van der Waals surface area contributed by atoms with Crippen LogP contribution in [0.3, 0.4) is 0 Å². The second-order valence-corrected chi connectivity index (χ2v) is 14.4. The number of nitrogens with zero attached hydrogens (tertiary/aromatic N) is 5. The number of carbonyl (C=O) groups excluding carboxylic acids is 3. The Labute approximate surface area is 292 Å². The van der Waals surface area contributed by atoms with Crippen molar-refractivity contribution in [3.63, 3.8) is 0 Å². The number of carbonyl (C=O) groups is 3. The number of fused-ring (bicyclic) bond motifs is 2. The predicted octanol–water partition coefficient (Wildman–Crippen LogP) is 4.54. The molecular weight excluding hydrogens is 636 g/mol. The van der Waals surface area contributed by atoms with Gasteiger partial charge in [0.1, 0.15) is 28.9 Å². The molecule has 264 valence electrons. The number of urea groups is 1. The second kappa shape index (κ2) is 14.4. The third-order valence-electron chi connectivity index (χ3n) is 8.43. The summed E-state index contributed by atoms with van der Waals surface area (Å²) in [5.41, 5.74) is 0.834. The SMILES string of the molecule is COCC(C)(C)c1nnc2ccc(O[C@@H]3C=C[C@](C=O)(NC(=O)Nc4cc(C(=O)NCCN(C)C)nc(C(C)(C)C)c4)c4ccccc43)cn12. The van der Waals surface area contributed by atoms with Gasteiger partial charge in [-0.15, -0.1) is 10.2 Å². The first-order valence-corrected chi connectivity index (χ1v) is 16.5. The first-order chi connectivity index (χ1) is 23.7. The molecule has 0 fully saturated rings. The summed E-state index contributed by atoms with van der Waals surface area (Å²) < 4.78 is 13.8. The molecule has 3 N–H and O–H groups in total. The second-order valence-electron chi connectivity index (χ2n) is 14.4. The van der Waals surface area contributed by atoms with Crippen LogP contribution in [0.15, 0.2) is 66.9 Å². The molecule has 3 aromatic heterocycles. The molecule has 2 atom stereocenters. The van der Waals surface area contributed by atoms with Crippen LogP contribution in [0, 0.1) is 0 Å². The Kier molecular flexibility index (Phi) is 10.4. The minimum absolute atomic E-state index is 0.179. The molecule has 0 saturated carbocycles. The van der Waals surface area contributed by atoms with E-state index in [2.05, 4.69) is 31.1 Å². The monoisotopic (exact) mass is 682 g/mol. The standard InChI is InChI=1S/C37H46N8O5/c1-35(2,3)30-20-24(19-28(40-30)32(47)38-17-18-44(6)7)39-34(48)41-37(22-46)16-15-29(26-11-9-10-12-27(26)37)50-25-13-14-31-42-43-33(45(31)21-25)36(4,5)23-49-8/h9-16,19-22,29H,17-18,23H2,1-8H3,(H,38,47)(H2,39,40,41,48)/t29-,37-/m1/s1. The molecule has 0 bridgehead atoms. The summed E-state index contributed by atoms with van der Waals surface area (Å²) in [6.45, 7) is 11.6. The van der Waals surface area contributed by atoms with Crippen molar-refractivity contribution in [2.24, 2.45) is 0 Å². The van der Waals surface area contributed by atoms with Gasteiger partial charge in [-0.3, -0.25) is 14.0 Å². The molecule has 1 aliphatic rings. The van der Waals surface area contributed by atoms with Crippen LogP contribution in [0.1, 0.15) is 73.9 Å². The molecule has 5 rings (SSSR count). The Bertz CT molecular complexity index is 1910. The lowest BCUT2D eigenvalue weighted by molar-refractivity contribution is -0.111. The molecule has 1 aliphatic carbocycles. The lowest BCUT2D eigenvalue weighted by Crippen LogP contribution is -2.49. The maximum absolute atomic E-state index is 13.6. The molecule has 1 aromatic carbocycles. The van der Waals surface area contributed by atoms with E-state index in [1.807, 2.05) is 88.5 Å². The van der Waals surface area contributed by atoms with Crippen molar-refractivity contribution in [3.05, 3.63) is 95.2 Å². The Balaban J connectivity index is 1.39. The summed E-state index contributed by atoms with van der Waals surface area (Å²) in [4.78, 5) is 46.0.